The van der Waals surface area contributed by atoms with Crippen molar-refractivity contribution in [2.75, 3.05) is 37.0 Å². The molecule has 0 saturated carbocycles. The lowest BCUT2D eigenvalue weighted by atomic mass is 10.1. The number of unbranched alkanes of at least 4 members (excludes halogenated alkanes) is 2. The quantitative estimate of drug-likeness (QED) is 0.0517. The number of nitrogens with one attached hydrogen (secondary N) is 1. The van der Waals surface area contributed by atoms with Crippen LogP contribution < -0.4 is 15.4 Å². The number of amides is 1. The number of aryl methyl sites for hydroxylation is 1. The van der Waals surface area contributed by atoms with Crippen LogP contribution in [0, 0.1) is 6.92 Å². The zero-order valence-electron chi connectivity index (χ0n) is 27.3. The zero-order valence-corrected chi connectivity index (χ0v) is 30.6. The second-order valence-electron chi connectivity index (χ2n) is 10.9. The van der Waals surface area contributed by atoms with E-state index in [0.29, 0.717) is 28.9 Å². The van der Waals surface area contributed by atoms with Crippen LogP contribution in [0.5, 0.6) is 0 Å². The molecule has 0 spiro atoms. The number of hydrogen-bond acceptors (Lipinski definition) is 11. The summed E-state index contributed by atoms with van der Waals surface area (Å²) in [6.07, 6.45) is 4.62. The molecule has 0 unspecified atom stereocenters. The summed E-state index contributed by atoms with van der Waals surface area (Å²) in [5.41, 5.74) is 7.82. The van der Waals surface area contributed by atoms with E-state index in [1.807, 2.05) is 31.1 Å². The van der Waals surface area contributed by atoms with Crippen LogP contribution in [-0.4, -0.2) is 67.7 Å². The first kappa shape index (κ1) is 40.0. The first-order chi connectivity index (χ1) is 21.9. The Labute approximate surface area is 291 Å². The summed E-state index contributed by atoms with van der Waals surface area (Å²) in [5.74, 6) is 0.667. The standard InChI is InChI=1S/C32H42N6O5S3.ClH/c1-6-7-8-17-44-45-31(22(2)38(21-39)20-24-19-34-23(3)36-32(24)33)29(41)18-25(40)15-16-35-46(42,43)30-14-10-11-26-27(30)12-9-13-28(26)37(4)5;/h9-14,19,21,35H,6-8,15-18,20H2,1-5H3,(H2,33,34,36);1H. The van der Waals surface area contributed by atoms with E-state index in [1.165, 1.54) is 32.6 Å². The first-order valence-electron chi connectivity index (χ1n) is 14.9. The van der Waals surface area contributed by atoms with Crippen molar-refractivity contribution in [2.24, 2.45) is 0 Å². The van der Waals surface area contributed by atoms with Crippen LogP contribution in [0.15, 0.2) is 58.1 Å². The van der Waals surface area contributed by atoms with Crippen LogP contribution in [0.3, 0.4) is 0 Å². The number of hydrogen-bond donors (Lipinski definition) is 2. The molecule has 47 heavy (non-hydrogen) atoms. The number of anilines is 2. The second-order valence-corrected chi connectivity index (χ2v) is 15.1. The Morgan fingerprint density at radius 2 is 1.79 bits per heavy atom. The Morgan fingerprint density at radius 1 is 1.09 bits per heavy atom. The van der Waals surface area contributed by atoms with Gasteiger partial charge >= 0.3 is 0 Å². The van der Waals surface area contributed by atoms with Gasteiger partial charge in [0.1, 0.15) is 17.4 Å². The maximum Gasteiger partial charge on any atom is 0.241 e. The number of ketones is 2. The van der Waals surface area contributed by atoms with E-state index in [-0.39, 0.29) is 47.5 Å². The number of sulfonamides is 1. The number of carbonyl (C=O) groups excluding carboxylic acids is 3. The molecule has 256 valence electrons. The minimum Gasteiger partial charge on any atom is -0.383 e. The summed E-state index contributed by atoms with van der Waals surface area (Å²) in [7, 11) is 2.56. The Balaban J connectivity index is 0.00000768. The average Bonchev–Trinajstić information content (AvgIpc) is 3.01. The highest BCUT2D eigenvalue weighted by molar-refractivity contribution is 8.78. The molecule has 3 rings (SSSR count). The Bertz CT molecular complexity index is 1700. The number of halogens is 1. The maximum absolute atomic E-state index is 13.5. The summed E-state index contributed by atoms with van der Waals surface area (Å²) in [6, 6.07) is 10.5. The van der Waals surface area contributed by atoms with Gasteiger partial charge in [0.2, 0.25) is 16.4 Å². The van der Waals surface area contributed by atoms with Gasteiger partial charge in [0.05, 0.1) is 22.8 Å². The summed E-state index contributed by atoms with van der Waals surface area (Å²) in [4.78, 5) is 50.5. The number of fused-ring (bicyclic) bond motifs is 1. The van der Waals surface area contributed by atoms with Crippen molar-refractivity contribution >= 4 is 84.3 Å². The number of nitrogen functional groups attached to an aromatic ring is 1. The molecule has 0 atom stereocenters. The molecule has 0 saturated heterocycles. The van der Waals surface area contributed by atoms with Crippen molar-refractivity contribution in [2.45, 2.75) is 64.3 Å². The highest BCUT2D eigenvalue weighted by Gasteiger charge is 2.23. The Kier molecular flexibility index (Phi) is 16.2. The van der Waals surface area contributed by atoms with Crippen LogP contribution >= 0.6 is 34.0 Å². The molecule has 1 amide bonds. The maximum atomic E-state index is 13.5. The summed E-state index contributed by atoms with van der Waals surface area (Å²) >= 11 is 0. The van der Waals surface area contributed by atoms with E-state index in [4.69, 9.17) is 5.73 Å². The van der Waals surface area contributed by atoms with Crippen molar-refractivity contribution in [1.82, 2.24) is 19.6 Å². The molecule has 0 aliphatic carbocycles. The molecule has 1 heterocycles. The summed E-state index contributed by atoms with van der Waals surface area (Å²) in [6.45, 7) is 5.35. The molecule has 15 heteroatoms. The van der Waals surface area contributed by atoms with Crippen LogP contribution in [0.1, 0.15) is 57.3 Å². The van der Waals surface area contributed by atoms with E-state index >= 15 is 0 Å². The highest BCUT2D eigenvalue weighted by Crippen LogP contribution is 2.36. The van der Waals surface area contributed by atoms with Gasteiger partial charge in [-0.1, -0.05) is 65.6 Å². The highest BCUT2D eigenvalue weighted by atomic mass is 35.5. The molecular weight excluding hydrogens is 680 g/mol. The first-order valence-corrected chi connectivity index (χ1v) is 18.7. The van der Waals surface area contributed by atoms with Gasteiger partial charge in [-0.3, -0.25) is 14.4 Å². The number of carbonyl (C=O) groups is 3. The molecule has 0 fully saturated rings. The van der Waals surface area contributed by atoms with Gasteiger partial charge in [-0.25, -0.2) is 23.1 Å². The van der Waals surface area contributed by atoms with E-state index in [1.54, 1.807) is 38.2 Å². The molecule has 0 bridgehead atoms. The van der Waals surface area contributed by atoms with E-state index < -0.39 is 28.0 Å². The predicted molar refractivity (Wildman–Crippen MR) is 195 cm³/mol. The third kappa shape index (κ3) is 11.2. The third-order valence-electron chi connectivity index (χ3n) is 7.16. The van der Waals surface area contributed by atoms with Crippen LogP contribution in [0.2, 0.25) is 0 Å². The van der Waals surface area contributed by atoms with Gasteiger partial charge in [0.15, 0.2) is 5.78 Å². The molecule has 1 aromatic heterocycles. The zero-order chi connectivity index (χ0) is 33.9. The predicted octanol–water partition coefficient (Wildman–Crippen LogP) is 5.67. The lowest BCUT2D eigenvalue weighted by molar-refractivity contribution is -0.124. The molecule has 11 nitrogen and oxygen atoms in total. The fourth-order valence-electron chi connectivity index (χ4n) is 4.64. The van der Waals surface area contributed by atoms with Gasteiger partial charge in [-0.2, -0.15) is 0 Å². The second kappa shape index (κ2) is 19.0. The number of allylic oxidation sites excluding steroid dienone is 2. The van der Waals surface area contributed by atoms with Crippen molar-refractivity contribution in [1.29, 1.82) is 0 Å². The van der Waals surface area contributed by atoms with Gasteiger partial charge < -0.3 is 15.5 Å². The van der Waals surface area contributed by atoms with Crippen molar-refractivity contribution in [3.8, 4) is 0 Å². The monoisotopic (exact) mass is 722 g/mol. The average molecular weight is 723 g/mol. The van der Waals surface area contributed by atoms with Crippen LogP contribution in [0.4, 0.5) is 11.5 Å². The Morgan fingerprint density at radius 3 is 2.45 bits per heavy atom. The van der Waals surface area contributed by atoms with Crippen LogP contribution in [0.25, 0.3) is 10.8 Å². The number of benzene rings is 2. The molecular formula is C32H43ClN6O5S3. The lowest BCUT2D eigenvalue weighted by Crippen LogP contribution is -2.27. The lowest BCUT2D eigenvalue weighted by Gasteiger charge is -2.21. The number of nitrogens with zero attached hydrogens (tertiary/aromatic N) is 4. The number of rotatable bonds is 19. The molecule has 0 radical (unpaired) electrons. The van der Waals surface area contributed by atoms with Crippen molar-refractivity contribution in [3.05, 3.63) is 64.6 Å². The SMILES string of the molecule is CCCCCSSC(C(=O)CC(=O)CCNS(=O)(=O)c1cccc2c(N(C)C)cccc12)=C(C)N(C=O)Cc1cnc(C)nc1N.Cl. The summed E-state index contributed by atoms with van der Waals surface area (Å²) < 4.78 is 29.0. The molecule has 2 aromatic carbocycles. The third-order valence-corrected chi connectivity index (χ3v) is 11.3. The van der Waals surface area contributed by atoms with Gasteiger partial charge in [0, 0.05) is 66.7 Å². The summed E-state index contributed by atoms with van der Waals surface area (Å²) in [5, 5.41) is 1.36. The van der Waals surface area contributed by atoms with Crippen molar-refractivity contribution in [3.63, 3.8) is 0 Å². The molecule has 3 N–H and O–H groups in total. The minimum atomic E-state index is -3.94. The largest absolute Gasteiger partial charge is 0.383 e. The van der Waals surface area contributed by atoms with Gasteiger partial charge in [-0.05, 0) is 32.4 Å². The van der Waals surface area contributed by atoms with Gasteiger partial charge in [0.25, 0.3) is 0 Å². The Hall–Kier alpha value is -3.17. The number of aromatic nitrogens is 2. The van der Waals surface area contributed by atoms with E-state index in [2.05, 4.69) is 21.6 Å². The van der Waals surface area contributed by atoms with E-state index in [9.17, 15) is 22.8 Å². The number of Topliss-reactive ketones (excluding diaryl/α,β-unsaturated/α-hetero) is 2. The normalized spacial score (nSPS) is 11.9. The fraction of sp³-hybridized carbons (Fsp3) is 0.406. The molecule has 3 aromatic rings. The van der Waals surface area contributed by atoms with Gasteiger partial charge in [-0.15, -0.1) is 12.4 Å². The molecule has 0 aliphatic rings. The number of nitrogens with two attached hydrogens (primary N) is 1. The fourth-order valence-corrected chi connectivity index (χ4v) is 8.42. The minimum absolute atomic E-state index is 0. The topological polar surface area (TPSA) is 156 Å². The molecule has 0 aliphatic heterocycles. The van der Waals surface area contributed by atoms with Crippen molar-refractivity contribution < 1.29 is 22.8 Å². The van der Waals surface area contributed by atoms with Crippen LogP contribution in [-0.2, 0) is 31.0 Å². The van der Waals surface area contributed by atoms with E-state index in [0.717, 1.165) is 36.1 Å². The smallest absolute Gasteiger partial charge is 0.241 e.